The van der Waals surface area contributed by atoms with Gasteiger partial charge in [-0.2, -0.15) is 0 Å². The summed E-state index contributed by atoms with van der Waals surface area (Å²) < 4.78 is 5.18. The largest absolute Gasteiger partial charge is 0.497 e. The van der Waals surface area contributed by atoms with Crippen molar-refractivity contribution in [2.24, 2.45) is 5.41 Å². The second-order valence-corrected chi connectivity index (χ2v) is 8.44. The predicted octanol–water partition coefficient (Wildman–Crippen LogP) is 3.88. The first-order chi connectivity index (χ1) is 14.4. The zero-order valence-electron chi connectivity index (χ0n) is 18.2. The monoisotopic (exact) mass is 408 g/mol. The fraction of sp³-hybridized carbons (Fsp3) is 0.440. The lowest BCUT2D eigenvalue weighted by Crippen LogP contribution is -2.51. The normalized spacial score (nSPS) is 18.7. The molecule has 0 unspecified atom stereocenters. The van der Waals surface area contributed by atoms with Crippen molar-refractivity contribution < 1.29 is 14.3 Å². The summed E-state index contributed by atoms with van der Waals surface area (Å²) in [5.74, 6) is 0.954. The number of benzene rings is 2. The number of amides is 2. The van der Waals surface area contributed by atoms with Gasteiger partial charge in [0.25, 0.3) is 0 Å². The number of methoxy groups -OCH3 is 1. The fourth-order valence-corrected chi connectivity index (χ4v) is 4.04. The molecule has 0 saturated carbocycles. The number of hydrogen-bond donors (Lipinski definition) is 1. The second-order valence-electron chi connectivity index (χ2n) is 8.44. The summed E-state index contributed by atoms with van der Waals surface area (Å²) in [6.07, 6.45) is 2.79. The Labute approximate surface area is 179 Å². The molecular weight excluding hydrogens is 376 g/mol. The van der Waals surface area contributed by atoms with Crippen LogP contribution in [0.25, 0.3) is 0 Å². The van der Waals surface area contributed by atoms with Crippen molar-refractivity contribution in [3.05, 3.63) is 65.2 Å². The zero-order chi connectivity index (χ0) is 21.6. The molecule has 1 aliphatic heterocycles. The van der Waals surface area contributed by atoms with Crippen molar-refractivity contribution in [2.45, 2.75) is 46.1 Å². The second kappa shape index (κ2) is 9.79. The summed E-state index contributed by atoms with van der Waals surface area (Å²) >= 11 is 0. The summed E-state index contributed by atoms with van der Waals surface area (Å²) in [7, 11) is 1.64. The molecule has 160 valence electrons. The van der Waals surface area contributed by atoms with Gasteiger partial charge >= 0.3 is 0 Å². The van der Waals surface area contributed by atoms with Gasteiger partial charge in [0.1, 0.15) is 5.75 Å². The molecule has 1 atom stereocenters. The Morgan fingerprint density at radius 3 is 2.57 bits per heavy atom. The van der Waals surface area contributed by atoms with E-state index in [1.54, 1.807) is 7.11 Å². The summed E-state index contributed by atoms with van der Waals surface area (Å²) in [6.45, 7) is 5.75. The molecule has 1 saturated heterocycles. The third kappa shape index (κ3) is 5.41. The first kappa shape index (κ1) is 21.9. The molecule has 3 rings (SSSR count). The van der Waals surface area contributed by atoms with Crippen molar-refractivity contribution in [1.82, 2.24) is 10.2 Å². The molecule has 5 nitrogen and oxygen atoms in total. The highest BCUT2D eigenvalue weighted by Gasteiger charge is 2.39. The molecule has 2 aromatic rings. The molecule has 2 aromatic carbocycles. The van der Waals surface area contributed by atoms with Crippen LogP contribution in [0.3, 0.4) is 0 Å². The topological polar surface area (TPSA) is 58.6 Å². The number of likely N-dealkylation sites (tertiary alicyclic amines) is 1. The van der Waals surface area contributed by atoms with Gasteiger partial charge in [0, 0.05) is 26.1 Å². The lowest BCUT2D eigenvalue weighted by atomic mass is 9.80. The minimum Gasteiger partial charge on any atom is -0.497 e. The quantitative estimate of drug-likeness (QED) is 0.756. The third-order valence-corrected chi connectivity index (χ3v) is 6.08. The van der Waals surface area contributed by atoms with Crippen LogP contribution in [0.5, 0.6) is 5.75 Å². The van der Waals surface area contributed by atoms with Crippen LogP contribution in [0.1, 0.15) is 42.9 Å². The molecule has 0 bridgehead atoms. The molecule has 1 N–H and O–H groups in total. The van der Waals surface area contributed by atoms with Gasteiger partial charge in [-0.1, -0.05) is 36.4 Å². The van der Waals surface area contributed by atoms with E-state index in [0.29, 0.717) is 25.9 Å². The maximum atomic E-state index is 13.0. The average Bonchev–Trinajstić information content (AvgIpc) is 2.77. The van der Waals surface area contributed by atoms with Crippen molar-refractivity contribution in [3.63, 3.8) is 0 Å². The van der Waals surface area contributed by atoms with Gasteiger partial charge in [-0.3, -0.25) is 9.59 Å². The number of hydrogen-bond acceptors (Lipinski definition) is 3. The molecular formula is C25H32N2O3. The first-order valence-electron chi connectivity index (χ1n) is 10.6. The van der Waals surface area contributed by atoms with Crippen molar-refractivity contribution >= 4 is 11.8 Å². The number of piperidine rings is 1. The van der Waals surface area contributed by atoms with E-state index < -0.39 is 5.41 Å². The number of carbonyl (C=O) groups is 2. The Hall–Kier alpha value is -2.82. The molecule has 0 radical (unpaired) electrons. The van der Waals surface area contributed by atoms with E-state index in [-0.39, 0.29) is 11.8 Å². The third-order valence-electron chi connectivity index (χ3n) is 6.08. The van der Waals surface area contributed by atoms with Crippen LogP contribution in [0.4, 0.5) is 0 Å². The molecule has 1 fully saturated rings. The maximum Gasteiger partial charge on any atom is 0.227 e. The van der Waals surface area contributed by atoms with Gasteiger partial charge < -0.3 is 15.0 Å². The van der Waals surface area contributed by atoms with Gasteiger partial charge in [0.15, 0.2) is 0 Å². The highest BCUT2D eigenvalue weighted by molar-refractivity contribution is 5.84. The van der Waals surface area contributed by atoms with Crippen LogP contribution in [0.15, 0.2) is 48.5 Å². The highest BCUT2D eigenvalue weighted by Crippen LogP contribution is 2.30. The summed E-state index contributed by atoms with van der Waals surface area (Å²) in [5.41, 5.74) is 2.86. The van der Waals surface area contributed by atoms with Gasteiger partial charge in [0.2, 0.25) is 11.8 Å². The van der Waals surface area contributed by atoms with E-state index in [1.165, 1.54) is 5.56 Å². The fourth-order valence-electron chi connectivity index (χ4n) is 4.04. The standard InChI is InChI=1S/C25H32N2O3/c1-19-7-4-5-8-21(19)17-26-24(29)25(2)15-6-16-27(18-25)23(28)14-11-20-9-12-22(30-3)13-10-20/h4-5,7-10,12-13H,6,11,14-18H2,1-3H3,(H,26,29)/t25-/m0/s1. The van der Waals surface area contributed by atoms with E-state index in [9.17, 15) is 9.59 Å². The van der Waals surface area contributed by atoms with Crippen LogP contribution >= 0.6 is 0 Å². The Kier molecular flexibility index (Phi) is 7.14. The predicted molar refractivity (Wildman–Crippen MR) is 118 cm³/mol. The molecule has 1 aliphatic rings. The lowest BCUT2D eigenvalue weighted by Gasteiger charge is -2.39. The SMILES string of the molecule is COc1ccc(CCC(=O)N2CCC[C@](C)(C(=O)NCc3ccccc3C)C2)cc1. The Balaban J connectivity index is 1.54. The number of carbonyl (C=O) groups excluding carboxylic acids is 2. The lowest BCUT2D eigenvalue weighted by molar-refractivity contribution is -0.140. The smallest absolute Gasteiger partial charge is 0.227 e. The van der Waals surface area contributed by atoms with Crippen LogP contribution in [0.2, 0.25) is 0 Å². The summed E-state index contributed by atoms with van der Waals surface area (Å²) in [6, 6.07) is 15.9. The average molecular weight is 409 g/mol. The molecule has 0 aliphatic carbocycles. The van der Waals surface area contributed by atoms with E-state index in [1.807, 2.05) is 67.3 Å². The first-order valence-corrected chi connectivity index (χ1v) is 10.6. The highest BCUT2D eigenvalue weighted by atomic mass is 16.5. The summed E-state index contributed by atoms with van der Waals surface area (Å²) in [4.78, 5) is 27.6. The number of nitrogens with one attached hydrogen (secondary N) is 1. The van der Waals surface area contributed by atoms with Gasteiger partial charge in [-0.15, -0.1) is 0 Å². The van der Waals surface area contributed by atoms with Gasteiger partial charge in [-0.05, 0) is 61.9 Å². The molecule has 0 spiro atoms. The zero-order valence-corrected chi connectivity index (χ0v) is 18.2. The van der Waals surface area contributed by atoms with E-state index >= 15 is 0 Å². The van der Waals surface area contributed by atoms with E-state index in [2.05, 4.69) is 5.32 Å². The number of aryl methyl sites for hydroxylation is 2. The van der Waals surface area contributed by atoms with Gasteiger partial charge in [0.05, 0.1) is 12.5 Å². The van der Waals surface area contributed by atoms with E-state index in [4.69, 9.17) is 4.74 Å². The maximum absolute atomic E-state index is 13.0. The minimum atomic E-state index is -0.545. The summed E-state index contributed by atoms with van der Waals surface area (Å²) in [5, 5.41) is 3.09. The van der Waals surface area contributed by atoms with Crippen LogP contribution in [0, 0.1) is 12.3 Å². The molecule has 1 heterocycles. The van der Waals surface area contributed by atoms with Gasteiger partial charge in [-0.25, -0.2) is 0 Å². The Morgan fingerprint density at radius 2 is 1.87 bits per heavy atom. The minimum absolute atomic E-state index is 0.0263. The number of ether oxygens (including phenoxy) is 1. The van der Waals surface area contributed by atoms with Crippen molar-refractivity contribution in [1.29, 1.82) is 0 Å². The molecule has 5 heteroatoms. The van der Waals surface area contributed by atoms with Crippen molar-refractivity contribution in [2.75, 3.05) is 20.2 Å². The van der Waals surface area contributed by atoms with Crippen LogP contribution in [-0.4, -0.2) is 36.9 Å². The Bertz CT molecular complexity index is 878. The Morgan fingerprint density at radius 1 is 1.13 bits per heavy atom. The van der Waals surface area contributed by atoms with Crippen LogP contribution in [-0.2, 0) is 22.6 Å². The van der Waals surface area contributed by atoms with Crippen molar-refractivity contribution in [3.8, 4) is 5.75 Å². The molecule has 30 heavy (non-hydrogen) atoms. The van der Waals surface area contributed by atoms with Crippen LogP contribution < -0.4 is 10.1 Å². The number of rotatable bonds is 7. The number of nitrogens with zero attached hydrogens (tertiary/aromatic N) is 1. The molecule has 0 aromatic heterocycles. The molecule has 2 amide bonds. The van der Waals surface area contributed by atoms with E-state index in [0.717, 1.165) is 36.3 Å².